The van der Waals surface area contributed by atoms with E-state index < -0.39 is 17.7 Å². The zero-order valence-electron chi connectivity index (χ0n) is 19.3. The second kappa shape index (κ2) is 8.79. The highest BCUT2D eigenvalue weighted by atomic mass is 16.5. The van der Waals surface area contributed by atoms with Gasteiger partial charge in [0.15, 0.2) is 11.5 Å². The summed E-state index contributed by atoms with van der Waals surface area (Å²) in [5.74, 6) is -0.903. The van der Waals surface area contributed by atoms with E-state index in [0.717, 1.165) is 16.9 Å². The number of carbonyl (C=O) groups is 2. The third-order valence-electron chi connectivity index (χ3n) is 6.33. The van der Waals surface area contributed by atoms with Gasteiger partial charge < -0.3 is 24.6 Å². The highest BCUT2D eigenvalue weighted by Gasteiger charge is 2.46. The Morgan fingerprint density at radius 2 is 1.91 bits per heavy atom. The van der Waals surface area contributed by atoms with Gasteiger partial charge in [0.05, 0.1) is 18.7 Å². The Hall–Kier alpha value is -4.33. The summed E-state index contributed by atoms with van der Waals surface area (Å²) in [7, 11) is 1.42. The number of amides is 1. The van der Waals surface area contributed by atoms with Crippen molar-refractivity contribution in [2.75, 3.05) is 7.11 Å². The first-order valence-corrected chi connectivity index (χ1v) is 11.2. The minimum Gasteiger partial charge on any atom is -0.507 e. The summed E-state index contributed by atoms with van der Waals surface area (Å²) in [6, 6.07) is 12.5. The average molecular weight is 472 g/mol. The second-order valence-corrected chi connectivity index (χ2v) is 8.67. The number of rotatable bonds is 5. The van der Waals surface area contributed by atoms with Crippen molar-refractivity contribution in [1.29, 1.82) is 0 Å². The van der Waals surface area contributed by atoms with Crippen LogP contribution in [0.15, 0.2) is 66.5 Å². The molecule has 178 valence electrons. The topological polar surface area (TPSA) is 109 Å². The molecule has 0 saturated carbocycles. The molecule has 35 heavy (non-hydrogen) atoms. The lowest BCUT2D eigenvalue weighted by Crippen LogP contribution is -2.29. The highest BCUT2D eigenvalue weighted by Crippen LogP contribution is 2.43. The fourth-order valence-corrected chi connectivity index (χ4v) is 4.66. The molecule has 0 bridgehead atoms. The number of ether oxygens (including phenoxy) is 2. The third kappa shape index (κ3) is 3.97. The van der Waals surface area contributed by atoms with Crippen LogP contribution in [-0.4, -0.2) is 45.0 Å². The SMILES string of the molecule is COc1cc(C2/C(=C(\O)c3ccc4c(c3)CC(C)O4)C(=O)C(=O)N2Cc2ccncc2)ccc1O. The van der Waals surface area contributed by atoms with Gasteiger partial charge in [-0.3, -0.25) is 14.6 Å². The summed E-state index contributed by atoms with van der Waals surface area (Å²) in [5.41, 5.74) is 2.63. The Labute approximate surface area is 202 Å². The first-order chi connectivity index (χ1) is 16.9. The fourth-order valence-electron chi connectivity index (χ4n) is 4.66. The number of Topliss-reactive ketones (excluding diaryl/α,β-unsaturated/α-hetero) is 1. The molecule has 2 N–H and O–H groups in total. The van der Waals surface area contributed by atoms with Crippen LogP contribution in [-0.2, 0) is 22.6 Å². The normalized spacial score (nSPS) is 20.6. The van der Waals surface area contributed by atoms with Crippen LogP contribution < -0.4 is 9.47 Å². The predicted molar refractivity (Wildman–Crippen MR) is 127 cm³/mol. The number of hydrogen-bond acceptors (Lipinski definition) is 7. The maximum Gasteiger partial charge on any atom is 0.295 e. The number of ketones is 1. The number of aromatic nitrogens is 1. The van der Waals surface area contributed by atoms with Crippen molar-refractivity contribution in [1.82, 2.24) is 9.88 Å². The van der Waals surface area contributed by atoms with Gasteiger partial charge in [0.25, 0.3) is 11.7 Å². The molecule has 0 radical (unpaired) electrons. The van der Waals surface area contributed by atoms with Crippen molar-refractivity contribution in [3.8, 4) is 17.2 Å². The molecule has 1 fully saturated rings. The van der Waals surface area contributed by atoms with E-state index in [1.807, 2.05) is 6.92 Å². The number of pyridine rings is 1. The van der Waals surface area contributed by atoms with Crippen molar-refractivity contribution in [2.24, 2.45) is 0 Å². The molecule has 2 aliphatic heterocycles. The first-order valence-electron chi connectivity index (χ1n) is 11.2. The number of likely N-dealkylation sites (tertiary alicyclic amines) is 1. The highest BCUT2D eigenvalue weighted by molar-refractivity contribution is 6.46. The van der Waals surface area contributed by atoms with Crippen LogP contribution in [0.5, 0.6) is 17.2 Å². The standard InChI is InChI=1S/C27H24N2O6/c1-15-11-19-12-18(4-6-21(19)35-15)25(31)23-24(17-3-5-20(30)22(13-17)34-2)29(27(33)26(23)32)14-16-7-9-28-10-8-16/h3-10,12-13,15,24,30-31H,11,14H2,1-2H3/b25-23+. The predicted octanol–water partition coefficient (Wildman–Crippen LogP) is 3.74. The fraction of sp³-hybridized carbons (Fsp3) is 0.222. The van der Waals surface area contributed by atoms with Crippen LogP contribution in [0.1, 0.15) is 35.2 Å². The molecule has 2 aromatic carbocycles. The van der Waals surface area contributed by atoms with Crippen molar-refractivity contribution >= 4 is 17.4 Å². The molecule has 2 aliphatic rings. The van der Waals surface area contributed by atoms with Crippen LogP contribution in [0.4, 0.5) is 0 Å². The summed E-state index contributed by atoms with van der Waals surface area (Å²) in [6.07, 6.45) is 3.93. The molecule has 2 unspecified atom stereocenters. The van der Waals surface area contributed by atoms with Crippen LogP contribution in [0.25, 0.3) is 5.76 Å². The molecule has 3 heterocycles. The van der Waals surface area contributed by atoms with E-state index in [9.17, 15) is 19.8 Å². The molecule has 8 nitrogen and oxygen atoms in total. The quantitative estimate of drug-likeness (QED) is 0.331. The largest absolute Gasteiger partial charge is 0.507 e. The Morgan fingerprint density at radius 1 is 1.14 bits per heavy atom. The molecule has 2 atom stereocenters. The molecule has 3 aromatic rings. The van der Waals surface area contributed by atoms with E-state index >= 15 is 0 Å². The first kappa shape index (κ1) is 22.5. The van der Waals surface area contributed by atoms with Gasteiger partial charge in [0.1, 0.15) is 17.6 Å². The number of hydrogen-bond donors (Lipinski definition) is 2. The van der Waals surface area contributed by atoms with Gasteiger partial charge in [-0.1, -0.05) is 6.07 Å². The van der Waals surface area contributed by atoms with E-state index in [-0.39, 0.29) is 35.5 Å². The summed E-state index contributed by atoms with van der Waals surface area (Å²) in [5, 5.41) is 21.4. The van der Waals surface area contributed by atoms with Gasteiger partial charge in [0.2, 0.25) is 0 Å². The molecule has 8 heteroatoms. The number of nitrogens with zero attached hydrogens (tertiary/aromatic N) is 2. The zero-order valence-corrected chi connectivity index (χ0v) is 19.3. The number of aliphatic hydroxyl groups is 1. The number of aliphatic hydroxyl groups excluding tert-OH is 1. The Kier molecular flexibility index (Phi) is 5.64. The molecule has 0 aliphatic carbocycles. The number of benzene rings is 2. The molecule has 5 rings (SSSR count). The molecule has 0 spiro atoms. The van der Waals surface area contributed by atoms with Crippen LogP contribution >= 0.6 is 0 Å². The summed E-state index contributed by atoms with van der Waals surface area (Å²) in [4.78, 5) is 31.9. The summed E-state index contributed by atoms with van der Waals surface area (Å²) >= 11 is 0. The Balaban J connectivity index is 1.65. The van der Waals surface area contributed by atoms with Gasteiger partial charge in [0, 0.05) is 30.9 Å². The maximum absolute atomic E-state index is 13.3. The second-order valence-electron chi connectivity index (χ2n) is 8.67. The van der Waals surface area contributed by atoms with E-state index in [1.54, 1.807) is 54.9 Å². The maximum atomic E-state index is 13.3. The molecule has 1 aromatic heterocycles. The monoisotopic (exact) mass is 472 g/mol. The number of methoxy groups -OCH3 is 1. The van der Waals surface area contributed by atoms with Crippen LogP contribution in [0, 0.1) is 0 Å². The third-order valence-corrected chi connectivity index (χ3v) is 6.33. The lowest BCUT2D eigenvalue weighted by atomic mass is 9.94. The number of aromatic hydroxyl groups is 1. The van der Waals surface area contributed by atoms with E-state index in [0.29, 0.717) is 17.5 Å². The van der Waals surface area contributed by atoms with Crippen LogP contribution in [0.2, 0.25) is 0 Å². The number of carbonyl (C=O) groups excluding carboxylic acids is 2. The van der Waals surface area contributed by atoms with Crippen molar-refractivity contribution in [3.63, 3.8) is 0 Å². The van der Waals surface area contributed by atoms with Crippen molar-refractivity contribution in [2.45, 2.75) is 32.0 Å². The summed E-state index contributed by atoms with van der Waals surface area (Å²) < 4.78 is 11.0. The lowest BCUT2D eigenvalue weighted by molar-refractivity contribution is -0.140. The van der Waals surface area contributed by atoms with Gasteiger partial charge in [-0.05, 0) is 66.1 Å². The number of fused-ring (bicyclic) bond motifs is 1. The number of phenols is 1. The minimum absolute atomic E-state index is 0.0243. The molecule has 1 amide bonds. The lowest BCUT2D eigenvalue weighted by Gasteiger charge is -2.26. The van der Waals surface area contributed by atoms with E-state index in [1.165, 1.54) is 18.1 Å². The minimum atomic E-state index is -0.888. The Morgan fingerprint density at radius 3 is 2.66 bits per heavy atom. The van der Waals surface area contributed by atoms with E-state index in [2.05, 4.69) is 4.98 Å². The van der Waals surface area contributed by atoms with E-state index in [4.69, 9.17) is 9.47 Å². The Bertz CT molecular complexity index is 1350. The van der Waals surface area contributed by atoms with Crippen LogP contribution in [0.3, 0.4) is 0 Å². The summed E-state index contributed by atoms with van der Waals surface area (Å²) in [6.45, 7) is 2.09. The number of phenolic OH excluding ortho intramolecular Hbond substituents is 1. The smallest absolute Gasteiger partial charge is 0.295 e. The van der Waals surface area contributed by atoms with Gasteiger partial charge >= 0.3 is 0 Å². The zero-order chi connectivity index (χ0) is 24.7. The van der Waals surface area contributed by atoms with Gasteiger partial charge in [-0.2, -0.15) is 0 Å². The molecule has 1 saturated heterocycles. The van der Waals surface area contributed by atoms with Crippen molar-refractivity contribution in [3.05, 3.63) is 88.8 Å². The average Bonchev–Trinajstić information content (AvgIpc) is 3.35. The van der Waals surface area contributed by atoms with Gasteiger partial charge in [-0.15, -0.1) is 0 Å². The van der Waals surface area contributed by atoms with Gasteiger partial charge in [-0.25, -0.2) is 0 Å². The molecular formula is C27H24N2O6. The van der Waals surface area contributed by atoms with Crippen molar-refractivity contribution < 1.29 is 29.3 Å². The molecular weight excluding hydrogens is 448 g/mol.